The van der Waals surface area contributed by atoms with Gasteiger partial charge < -0.3 is 29.7 Å². The molecular weight excluding hydrogens is 545 g/mol. The highest BCUT2D eigenvalue weighted by atomic mass is 32.2. The molecule has 1 aromatic heterocycles. The molecule has 2 aromatic rings. The van der Waals surface area contributed by atoms with Gasteiger partial charge >= 0.3 is 11.9 Å². The number of thioether (sulfide) groups is 1. The SMILES string of the molecule is CCn1c(C(=O)O)c(O)c(=O)c2cc(F)c(N3CCCN(C=N[C@]4(C(=O)O)N5C(=O)C[C@H]5SC4(C)C)CC3)cc21. The van der Waals surface area contributed by atoms with Gasteiger partial charge in [0.1, 0.15) is 5.82 Å². The van der Waals surface area contributed by atoms with Crippen LogP contribution in [0.25, 0.3) is 10.9 Å². The number of aliphatic carboxylic acids is 1. The molecule has 0 aliphatic carbocycles. The van der Waals surface area contributed by atoms with Crippen molar-refractivity contribution in [3.8, 4) is 5.75 Å². The molecule has 3 N–H and O–H groups in total. The van der Waals surface area contributed by atoms with Crippen molar-refractivity contribution in [1.82, 2.24) is 14.4 Å². The number of aromatic nitrogens is 1. The summed E-state index contributed by atoms with van der Waals surface area (Å²) in [7, 11) is 0. The summed E-state index contributed by atoms with van der Waals surface area (Å²) in [5, 5.41) is 29.6. The molecule has 214 valence electrons. The molecule has 0 unspecified atom stereocenters. The van der Waals surface area contributed by atoms with Gasteiger partial charge in [-0.2, -0.15) is 0 Å². The number of carbonyl (C=O) groups is 3. The molecule has 3 fully saturated rings. The summed E-state index contributed by atoms with van der Waals surface area (Å²) in [5.41, 5.74) is -2.87. The summed E-state index contributed by atoms with van der Waals surface area (Å²) < 4.78 is 15.7. The monoisotopic (exact) mass is 575 g/mol. The van der Waals surface area contributed by atoms with Gasteiger partial charge in [0.05, 0.1) is 39.5 Å². The first kappa shape index (κ1) is 27.7. The van der Waals surface area contributed by atoms with Crippen LogP contribution in [0, 0.1) is 5.82 Å². The second-order valence-corrected chi connectivity index (χ2v) is 12.3. The van der Waals surface area contributed by atoms with Gasteiger partial charge in [-0.05, 0) is 39.3 Å². The topological polar surface area (TPSA) is 156 Å². The molecule has 12 nitrogen and oxygen atoms in total. The lowest BCUT2D eigenvalue weighted by Crippen LogP contribution is -2.66. The minimum atomic E-state index is -1.73. The van der Waals surface area contributed by atoms with Gasteiger partial charge in [0, 0.05) is 32.7 Å². The standard InChI is InChI=1S/C26H30FN5O7S/c1-4-31-16-11-17(15(27)10-14(16)21(34)22(35)20(31)23(36)37)30-7-5-6-29(8-9-30)13-28-26(24(38)39)25(2,3)40-19-12-18(33)32(19)26/h10-11,13,19,35H,4-9,12H2,1-3H3,(H,36,37)(H,38,39)/t19-,26-/m1/s1. The van der Waals surface area contributed by atoms with E-state index in [1.807, 2.05) is 4.90 Å². The van der Waals surface area contributed by atoms with Gasteiger partial charge in [-0.1, -0.05) is 0 Å². The van der Waals surface area contributed by atoms with Gasteiger partial charge in [-0.25, -0.2) is 19.0 Å². The van der Waals surface area contributed by atoms with Gasteiger partial charge in [-0.3, -0.25) is 14.5 Å². The second-order valence-electron chi connectivity index (χ2n) is 10.5. The van der Waals surface area contributed by atoms with Crippen LogP contribution >= 0.6 is 11.8 Å². The lowest BCUT2D eigenvalue weighted by atomic mass is 9.91. The molecule has 40 heavy (non-hydrogen) atoms. The molecule has 3 aliphatic rings. The van der Waals surface area contributed by atoms with Crippen molar-refractivity contribution < 1.29 is 34.1 Å². The molecular formula is C26H30FN5O7S. The zero-order valence-electron chi connectivity index (χ0n) is 22.3. The van der Waals surface area contributed by atoms with E-state index in [1.165, 1.54) is 33.6 Å². The van der Waals surface area contributed by atoms with Crippen LogP contribution in [0.4, 0.5) is 10.1 Å². The Morgan fingerprint density at radius 1 is 1.18 bits per heavy atom. The molecule has 0 spiro atoms. The molecule has 14 heteroatoms. The minimum Gasteiger partial charge on any atom is -0.502 e. The first-order valence-corrected chi connectivity index (χ1v) is 13.8. The Bertz CT molecular complexity index is 1530. The minimum absolute atomic E-state index is 0.121. The average molecular weight is 576 g/mol. The number of carboxylic acid groups (broad SMARTS) is 2. The summed E-state index contributed by atoms with van der Waals surface area (Å²) >= 11 is 1.42. The number of amides is 1. The van der Waals surface area contributed by atoms with Crippen LogP contribution in [0.15, 0.2) is 21.9 Å². The molecule has 5 rings (SSSR count). The number of pyridine rings is 1. The van der Waals surface area contributed by atoms with E-state index < -0.39 is 45.0 Å². The van der Waals surface area contributed by atoms with Crippen molar-refractivity contribution in [1.29, 1.82) is 0 Å². The highest BCUT2D eigenvalue weighted by molar-refractivity contribution is 8.01. The van der Waals surface area contributed by atoms with E-state index in [2.05, 4.69) is 4.99 Å². The first-order chi connectivity index (χ1) is 18.8. The average Bonchev–Trinajstić information content (AvgIpc) is 3.01. The van der Waals surface area contributed by atoms with E-state index in [1.54, 1.807) is 25.7 Å². The van der Waals surface area contributed by atoms with Crippen LogP contribution in [-0.2, 0) is 16.1 Å². The zero-order valence-corrected chi connectivity index (χ0v) is 23.1. The number of aliphatic imine (C=N–C) groups is 1. The zero-order chi connectivity index (χ0) is 29.1. The van der Waals surface area contributed by atoms with Gasteiger partial charge in [0.2, 0.25) is 17.0 Å². The number of aromatic hydroxyl groups is 1. The van der Waals surface area contributed by atoms with Crippen molar-refractivity contribution in [3.05, 3.63) is 33.9 Å². The normalized spacial score (nSPS) is 24.4. The highest BCUT2D eigenvalue weighted by Crippen LogP contribution is 2.57. The predicted molar refractivity (Wildman–Crippen MR) is 147 cm³/mol. The van der Waals surface area contributed by atoms with Crippen molar-refractivity contribution in [2.24, 2.45) is 4.99 Å². The van der Waals surface area contributed by atoms with Crippen LogP contribution in [0.1, 0.15) is 44.1 Å². The van der Waals surface area contributed by atoms with Crippen molar-refractivity contribution in [2.75, 3.05) is 31.1 Å². The van der Waals surface area contributed by atoms with Crippen molar-refractivity contribution in [3.63, 3.8) is 0 Å². The van der Waals surface area contributed by atoms with E-state index in [9.17, 15) is 34.5 Å². The Morgan fingerprint density at radius 3 is 2.52 bits per heavy atom. The Morgan fingerprint density at radius 2 is 1.90 bits per heavy atom. The Balaban J connectivity index is 1.44. The summed E-state index contributed by atoms with van der Waals surface area (Å²) in [4.78, 5) is 58.7. The molecule has 2 atom stereocenters. The van der Waals surface area contributed by atoms with E-state index in [-0.39, 0.29) is 40.8 Å². The third-order valence-corrected chi connectivity index (χ3v) is 9.45. The van der Waals surface area contributed by atoms with Crippen LogP contribution < -0.4 is 10.3 Å². The quantitative estimate of drug-likeness (QED) is 0.264. The van der Waals surface area contributed by atoms with Crippen LogP contribution in [0.3, 0.4) is 0 Å². The lowest BCUT2D eigenvalue weighted by molar-refractivity contribution is -0.167. The fourth-order valence-electron chi connectivity index (χ4n) is 5.90. The number of hydrogen-bond donors (Lipinski definition) is 3. The number of benzene rings is 1. The molecule has 3 aliphatic heterocycles. The van der Waals surface area contributed by atoms with Gasteiger partial charge in [0.15, 0.2) is 11.4 Å². The summed E-state index contributed by atoms with van der Waals surface area (Å²) in [6.45, 7) is 6.97. The fourth-order valence-corrected chi connectivity index (χ4v) is 7.59. The van der Waals surface area contributed by atoms with Gasteiger partial charge in [-0.15, -0.1) is 11.8 Å². The number of β-lactam (4-membered cyclic amide) rings is 1. The maximum Gasteiger partial charge on any atom is 0.356 e. The van der Waals surface area contributed by atoms with Crippen LogP contribution in [-0.4, -0.2) is 95.8 Å². The third-order valence-electron chi connectivity index (χ3n) is 7.93. The first-order valence-electron chi connectivity index (χ1n) is 12.9. The Hall–Kier alpha value is -3.81. The van der Waals surface area contributed by atoms with Crippen LogP contribution in [0.2, 0.25) is 0 Å². The number of nitrogens with zero attached hydrogens (tertiary/aromatic N) is 5. The van der Waals surface area contributed by atoms with E-state index in [4.69, 9.17) is 0 Å². The van der Waals surface area contributed by atoms with E-state index in [0.717, 1.165) is 6.07 Å². The summed E-state index contributed by atoms with van der Waals surface area (Å²) in [6, 6.07) is 2.45. The number of aromatic carboxylic acids is 1. The van der Waals surface area contributed by atoms with Crippen LogP contribution in [0.5, 0.6) is 5.75 Å². The molecule has 1 amide bonds. The molecule has 0 bridgehead atoms. The molecule has 1 aromatic carbocycles. The Kier molecular flexibility index (Phi) is 6.71. The van der Waals surface area contributed by atoms with E-state index in [0.29, 0.717) is 32.6 Å². The number of carboxylic acids is 2. The van der Waals surface area contributed by atoms with Crippen molar-refractivity contribution in [2.45, 2.75) is 55.9 Å². The molecule has 0 saturated carbocycles. The Labute approximate surface area is 232 Å². The fraction of sp³-hybridized carbons (Fsp3) is 0.500. The summed E-state index contributed by atoms with van der Waals surface area (Å²) in [6.07, 6.45) is 2.33. The number of fused-ring (bicyclic) bond motifs is 2. The largest absolute Gasteiger partial charge is 0.502 e. The number of hydrogen-bond acceptors (Lipinski definition) is 8. The van der Waals surface area contributed by atoms with E-state index >= 15 is 4.39 Å². The lowest BCUT2D eigenvalue weighted by Gasteiger charge is -2.43. The maximum absolute atomic E-state index is 15.3. The smallest absolute Gasteiger partial charge is 0.356 e. The third kappa shape index (κ3) is 3.99. The molecule has 0 radical (unpaired) electrons. The highest BCUT2D eigenvalue weighted by Gasteiger charge is 2.70. The molecule has 3 saturated heterocycles. The number of aryl methyl sites for hydroxylation is 1. The maximum atomic E-state index is 15.3. The number of anilines is 1. The number of halogens is 1. The summed E-state index contributed by atoms with van der Waals surface area (Å²) in [5.74, 6) is -4.54. The van der Waals surface area contributed by atoms with Crippen molar-refractivity contribution >= 4 is 52.5 Å². The number of carbonyl (C=O) groups excluding carboxylic acids is 1. The van der Waals surface area contributed by atoms with Gasteiger partial charge in [0.25, 0.3) is 0 Å². The second kappa shape index (κ2) is 9.68. The number of rotatable bonds is 6. The predicted octanol–water partition coefficient (Wildman–Crippen LogP) is 1.97. The molecule has 4 heterocycles.